The summed E-state index contributed by atoms with van der Waals surface area (Å²) in [5, 5.41) is 2.75. The molecule has 2 rings (SSSR count). The maximum atomic E-state index is 12.9. The SMILES string of the molecule is C#CCOc1nc(Nc2ccc(NS(=C)(C)=O)cc2)ncc1C(F)(F)F. The van der Waals surface area contributed by atoms with Crippen LogP contribution in [0.2, 0.25) is 0 Å². The summed E-state index contributed by atoms with van der Waals surface area (Å²) in [5.74, 6) is 4.81. The Hall–Kier alpha value is -2.93. The fraction of sp³-hybridized carbons (Fsp3) is 0.188. The standard InChI is InChI=1S/C16H15F3N4O2S/c1-4-9-25-14-13(16(17,18)19)10-20-15(22-14)21-11-5-7-12(8-6-11)23-26(2,3)24/h1,5-8,10H,2,9H2,3H3,(H,23,24)(H,20,21,22). The van der Waals surface area contributed by atoms with Gasteiger partial charge in [-0.3, -0.25) is 0 Å². The van der Waals surface area contributed by atoms with Crippen molar-refractivity contribution in [3.63, 3.8) is 0 Å². The summed E-state index contributed by atoms with van der Waals surface area (Å²) in [4.78, 5) is 7.37. The first-order valence-corrected chi connectivity index (χ1v) is 9.19. The van der Waals surface area contributed by atoms with Crippen molar-refractivity contribution in [2.45, 2.75) is 6.18 Å². The molecule has 0 spiro atoms. The average molecular weight is 384 g/mol. The van der Waals surface area contributed by atoms with E-state index in [-0.39, 0.29) is 12.6 Å². The van der Waals surface area contributed by atoms with Gasteiger partial charge in [-0.1, -0.05) is 5.92 Å². The fourth-order valence-electron chi connectivity index (χ4n) is 1.84. The van der Waals surface area contributed by atoms with Crippen LogP contribution in [0.4, 0.5) is 30.5 Å². The first-order valence-electron chi connectivity index (χ1n) is 7.06. The van der Waals surface area contributed by atoms with Crippen LogP contribution in [0.3, 0.4) is 0 Å². The van der Waals surface area contributed by atoms with Crippen LogP contribution in [0.5, 0.6) is 5.88 Å². The van der Waals surface area contributed by atoms with Crippen LogP contribution in [-0.2, 0) is 15.9 Å². The zero-order valence-corrected chi connectivity index (χ0v) is 14.4. The van der Waals surface area contributed by atoms with Gasteiger partial charge in [0.2, 0.25) is 11.8 Å². The van der Waals surface area contributed by atoms with Crippen LogP contribution in [0.25, 0.3) is 0 Å². The number of nitrogens with one attached hydrogen (secondary N) is 2. The van der Waals surface area contributed by atoms with Crippen molar-refractivity contribution in [1.29, 1.82) is 0 Å². The van der Waals surface area contributed by atoms with Gasteiger partial charge in [-0.05, 0) is 30.1 Å². The maximum Gasteiger partial charge on any atom is 0.423 e. The van der Waals surface area contributed by atoms with Gasteiger partial charge in [0, 0.05) is 33.5 Å². The van der Waals surface area contributed by atoms with E-state index in [2.05, 4.69) is 31.8 Å². The van der Waals surface area contributed by atoms with Crippen molar-refractivity contribution in [3.05, 3.63) is 36.0 Å². The van der Waals surface area contributed by atoms with Crippen LogP contribution in [0.15, 0.2) is 30.5 Å². The third-order valence-corrected chi connectivity index (χ3v) is 3.49. The summed E-state index contributed by atoms with van der Waals surface area (Å²) in [6.07, 6.45) is 2.41. The van der Waals surface area contributed by atoms with E-state index in [1.807, 2.05) is 0 Å². The Labute approximate surface area is 149 Å². The molecule has 1 atom stereocenters. The second-order valence-corrected chi connectivity index (χ2v) is 7.43. The lowest BCUT2D eigenvalue weighted by Gasteiger charge is -2.13. The van der Waals surface area contributed by atoms with Crippen molar-refractivity contribution >= 4 is 32.9 Å². The van der Waals surface area contributed by atoms with Gasteiger partial charge >= 0.3 is 6.18 Å². The zero-order chi connectivity index (χ0) is 19.4. The van der Waals surface area contributed by atoms with Gasteiger partial charge in [0.15, 0.2) is 6.61 Å². The first kappa shape index (κ1) is 19.4. The molecule has 1 aromatic heterocycles. The number of terminal acetylenes is 1. The number of aromatic nitrogens is 2. The minimum absolute atomic E-state index is 0.0952. The number of benzene rings is 1. The van der Waals surface area contributed by atoms with E-state index < -0.39 is 27.3 Å². The molecule has 0 aliphatic heterocycles. The predicted molar refractivity (Wildman–Crippen MR) is 95.9 cm³/mol. The highest BCUT2D eigenvalue weighted by Gasteiger charge is 2.36. The third-order valence-electron chi connectivity index (χ3n) is 2.83. The third kappa shape index (κ3) is 5.56. The molecule has 0 radical (unpaired) electrons. The van der Waals surface area contributed by atoms with E-state index in [9.17, 15) is 17.4 Å². The molecule has 1 aromatic carbocycles. The normalized spacial score (nSPS) is 13.3. The highest BCUT2D eigenvalue weighted by Crippen LogP contribution is 2.35. The number of ether oxygens (including phenoxy) is 1. The highest BCUT2D eigenvalue weighted by molar-refractivity contribution is 8.00. The molecule has 0 aliphatic carbocycles. The number of alkyl halides is 3. The molecular weight excluding hydrogens is 369 g/mol. The van der Waals surface area contributed by atoms with Gasteiger partial charge in [0.1, 0.15) is 5.56 Å². The Bertz CT molecular complexity index is 920. The van der Waals surface area contributed by atoms with Gasteiger partial charge in [0.25, 0.3) is 0 Å². The summed E-state index contributed by atoms with van der Waals surface area (Å²) < 4.78 is 58.0. The van der Waals surface area contributed by atoms with Gasteiger partial charge in [-0.15, -0.1) is 6.42 Å². The van der Waals surface area contributed by atoms with E-state index in [1.165, 1.54) is 6.26 Å². The Balaban J connectivity index is 2.22. The molecule has 10 heteroatoms. The van der Waals surface area contributed by atoms with Crippen LogP contribution in [0, 0.1) is 12.3 Å². The molecule has 0 saturated heterocycles. The molecule has 138 valence electrons. The van der Waals surface area contributed by atoms with Crippen molar-refractivity contribution in [2.24, 2.45) is 0 Å². The van der Waals surface area contributed by atoms with Crippen LogP contribution >= 0.6 is 0 Å². The molecule has 0 aliphatic rings. The largest absolute Gasteiger partial charge is 0.464 e. The van der Waals surface area contributed by atoms with Crippen LogP contribution in [0.1, 0.15) is 5.56 Å². The van der Waals surface area contributed by atoms with Gasteiger partial charge in [-0.25, -0.2) is 9.19 Å². The van der Waals surface area contributed by atoms with E-state index in [4.69, 9.17) is 11.2 Å². The molecule has 0 fully saturated rings. The van der Waals surface area contributed by atoms with Crippen molar-refractivity contribution in [2.75, 3.05) is 22.9 Å². The lowest BCUT2D eigenvalue weighted by Crippen LogP contribution is -2.12. The highest BCUT2D eigenvalue weighted by atomic mass is 32.2. The number of nitrogens with zero attached hydrogens (tertiary/aromatic N) is 2. The van der Waals surface area contributed by atoms with Gasteiger partial charge in [-0.2, -0.15) is 18.2 Å². The van der Waals surface area contributed by atoms with Crippen LogP contribution < -0.4 is 14.8 Å². The number of halogens is 3. The number of hydrogen-bond donors (Lipinski definition) is 2. The Kier molecular flexibility index (Phi) is 5.62. The summed E-state index contributed by atoms with van der Waals surface area (Å²) in [5.41, 5.74) is -0.0414. The second kappa shape index (κ2) is 7.53. The molecule has 2 aromatic rings. The van der Waals surface area contributed by atoms with Gasteiger partial charge < -0.3 is 14.8 Å². The molecule has 6 nitrogen and oxygen atoms in total. The summed E-state index contributed by atoms with van der Waals surface area (Å²) in [6.45, 7) is -0.360. The predicted octanol–water partition coefficient (Wildman–Crippen LogP) is 2.92. The molecule has 2 N–H and O–H groups in total. The molecule has 26 heavy (non-hydrogen) atoms. The molecular formula is C16H15F3N4O2S. The van der Waals surface area contributed by atoms with Crippen LogP contribution in [-0.4, -0.2) is 32.9 Å². The lowest BCUT2D eigenvalue weighted by atomic mass is 10.3. The number of rotatable bonds is 6. The average Bonchev–Trinajstić information content (AvgIpc) is 2.52. The van der Waals surface area contributed by atoms with Crippen molar-refractivity contribution in [1.82, 2.24) is 9.97 Å². The van der Waals surface area contributed by atoms with Crippen molar-refractivity contribution < 1.29 is 22.1 Å². The van der Waals surface area contributed by atoms with Gasteiger partial charge in [0.05, 0.1) is 0 Å². The monoisotopic (exact) mass is 384 g/mol. The first-order chi connectivity index (χ1) is 12.1. The van der Waals surface area contributed by atoms with Crippen molar-refractivity contribution in [3.8, 4) is 18.2 Å². The molecule has 1 heterocycles. The smallest absolute Gasteiger partial charge is 0.423 e. The Morgan fingerprint density at radius 3 is 2.46 bits per heavy atom. The van der Waals surface area contributed by atoms with E-state index in [1.54, 1.807) is 24.3 Å². The lowest BCUT2D eigenvalue weighted by molar-refractivity contribution is -0.139. The minimum Gasteiger partial charge on any atom is -0.464 e. The quantitative estimate of drug-likeness (QED) is 0.592. The Morgan fingerprint density at radius 2 is 1.92 bits per heavy atom. The molecule has 0 amide bonds. The second-order valence-electron chi connectivity index (χ2n) is 5.21. The minimum atomic E-state index is -4.67. The molecule has 0 bridgehead atoms. The number of hydrogen-bond acceptors (Lipinski definition) is 5. The molecule has 1 unspecified atom stereocenters. The summed E-state index contributed by atoms with van der Waals surface area (Å²) in [6, 6.07) is 6.46. The molecule has 0 saturated carbocycles. The van der Waals surface area contributed by atoms with E-state index in [0.29, 0.717) is 17.6 Å². The summed E-state index contributed by atoms with van der Waals surface area (Å²) >= 11 is 0. The zero-order valence-electron chi connectivity index (χ0n) is 13.6. The van der Waals surface area contributed by atoms with E-state index >= 15 is 0 Å². The summed E-state index contributed by atoms with van der Waals surface area (Å²) in [7, 11) is -2.42. The maximum absolute atomic E-state index is 12.9. The van der Waals surface area contributed by atoms with E-state index in [0.717, 1.165) is 0 Å². The topological polar surface area (TPSA) is 76.1 Å². The number of anilines is 3. The Morgan fingerprint density at radius 1 is 1.31 bits per heavy atom. The fourth-order valence-corrected chi connectivity index (χ4v) is 2.48.